The number of aromatic nitrogens is 2. The first kappa shape index (κ1) is 13.2. The molecule has 3 nitrogen and oxygen atoms in total. The lowest BCUT2D eigenvalue weighted by Crippen LogP contribution is -2.09. The summed E-state index contributed by atoms with van der Waals surface area (Å²) in [4.78, 5) is 4.63. The third kappa shape index (κ3) is 2.19. The molecular formula is C14H19ClN2O. The molecule has 0 radical (unpaired) electrons. The third-order valence-electron chi connectivity index (χ3n) is 3.31. The molecule has 2 atom stereocenters. The standard InChI is InChI=1S/C14H19ClN2O/c1-5-9(2)17-13-8-11(18-4)6-7-12(13)16-14(17)10(3)15/h6-10H,5H2,1-4H3. The quantitative estimate of drug-likeness (QED) is 0.771. The van der Waals surface area contributed by atoms with Crippen LogP contribution in [0, 0.1) is 0 Å². The molecular weight excluding hydrogens is 248 g/mol. The Morgan fingerprint density at radius 2 is 2.11 bits per heavy atom. The van der Waals surface area contributed by atoms with Gasteiger partial charge in [0, 0.05) is 12.1 Å². The van der Waals surface area contributed by atoms with E-state index in [0.29, 0.717) is 6.04 Å². The number of imidazole rings is 1. The van der Waals surface area contributed by atoms with E-state index in [1.807, 2.05) is 25.1 Å². The van der Waals surface area contributed by atoms with Gasteiger partial charge in [-0.2, -0.15) is 0 Å². The summed E-state index contributed by atoms with van der Waals surface area (Å²) >= 11 is 6.24. The molecule has 0 N–H and O–H groups in total. The lowest BCUT2D eigenvalue weighted by atomic mass is 10.2. The van der Waals surface area contributed by atoms with Crippen LogP contribution in [-0.2, 0) is 0 Å². The SMILES string of the molecule is CCC(C)n1c(C(C)Cl)nc2ccc(OC)cc21. The van der Waals surface area contributed by atoms with Crippen LogP contribution in [0.2, 0.25) is 0 Å². The summed E-state index contributed by atoms with van der Waals surface area (Å²) < 4.78 is 7.50. The van der Waals surface area contributed by atoms with Crippen molar-refractivity contribution in [2.24, 2.45) is 0 Å². The van der Waals surface area contributed by atoms with Crippen molar-refractivity contribution < 1.29 is 4.74 Å². The zero-order chi connectivity index (χ0) is 13.3. The average Bonchev–Trinajstić information content (AvgIpc) is 2.76. The van der Waals surface area contributed by atoms with E-state index in [1.54, 1.807) is 7.11 Å². The average molecular weight is 267 g/mol. The number of benzene rings is 1. The highest BCUT2D eigenvalue weighted by molar-refractivity contribution is 6.20. The predicted octanol–water partition coefficient (Wildman–Crippen LogP) is 4.32. The summed E-state index contributed by atoms with van der Waals surface area (Å²) in [5.74, 6) is 1.77. The van der Waals surface area contributed by atoms with Crippen molar-refractivity contribution in [2.75, 3.05) is 7.11 Å². The smallest absolute Gasteiger partial charge is 0.127 e. The number of hydrogen-bond acceptors (Lipinski definition) is 2. The molecule has 0 spiro atoms. The second-order valence-electron chi connectivity index (χ2n) is 4.57. The second kappa shape index (κ2) is 5.19. The number of nitrogens with zero attached hydrogens (tertiary/aromatic N) is 2. The highest BCUT2D eigenvalue weighted by atomic mass is 35.5. The number of alkyl halides is 1. The second-order valence-corrected chi connectivity index (χ2v) is 5.22. The highest BCUT2D eigenvalue weighted by Crippen LogP contribution is 2.31. The fourth-order valence-electron chi connectivity index (χ4n) is 2.14. The van der Waals surface area contributed by atoms with Gasteiger partial charge in [-0.3, -0.25) is 0 Å². The summed E-state index contributed by atoms with van der Waals surface area (Å²) in [6.45, 7) is 6.31. The Bertz CT molecular complexity index is 548. The van der Waals surface area contributed by atoms with Crippen LogP contribution in [0.4, 0.5) is 0 Å². The molecule has 1 aromatic heterocycles. The Balaban J connectivity index is 2.70. The molecule has 0 fully saturated rings. The first-order chi connectivity index (χ1) is 8.58. The molecule has 1 heterocycles. The Kier molecular flexibility index (Phi) is 3.81. The summed E-state index contributed by atoms with van der Waals surface area (Å²) in [6.07, 6.45) is 1.04. The Morgan fingerprint density at radius 3 is 2.67 bits per heavy atom. The minimum Gasteiger partial charge on any atom is -0.497 e. The van der Waals surface area contributed by atoms with Crippen molar-refractivity contribution in [1.29, 1.82) is 0 Å². The number of hydrogen-bond donors (Lipinski definition) is 0. The first-order valence-electron chi connectivity index (χ1n) is 6.28. The molecule has 0 aliphatic carbocycles. The van der Waals surface area contributed by atoms with Crippen molar-refractivity contribution in [3.63, 3.8) is 0 Å². The molecule has 2 aromatic rings. The van der Waals surface area contributed by atoms with E-state index < -0.39 is 0 Å². The molecule has 1 aromatic carbocycles. The Labute approximate surface area is 113 Å². The van der Waals surface area contributed by atoms with Gasteiger partial charge < -0.3 is 9.30 Å². The molecule has 0 bridgehead atoms. The van der Waals surface area contributed by atoms with Gasteiger partial charge in [0.25, 0.3) is 0 Å². The first-order valence-corrected chi connectivity index (χ1v) is 6.72. The van der Waals surface area contributed by atoms with Gasteiger partial charge in [0.2, 0.25) is 0 Å². The minimum atomic E-state index is -0.0996. The monoisotopic (exact) mass is 266 g/mol. The van der Waals surface area contributed by atoms with Crippen molar-refractivity contribution in [3.8, 4) is 5.75 Å². The van der Waals surface area contributed by atoms with Crippen LogP contribution in [0.3, 0.4) is 0 Å². The van der Waals surface area contributed by atoms with E-state index in [-0.39, 0.29) is 5.38 Å². The maximum absolute atomic E-state index is 6.24. The van der Waals surface area contributed by atoms with Gasteiger partial charge in [-0.05, 0) is 32.4 Å². The zero-order valence-electron chi connectivity index (χ0n) is 11.3. The predicted molar refractivity (Wildman–Crippen MR) is 75.6 cm³/mol. The van der Waals surface area contributed by atoms with Gasteiger partial charge in [-0.15, -0.1) is 11.6 Å². The fraction of sp³-hybridized carbons (Fsp3) is 0.500. The number of rotatable bonds is 4. The van der Waals surface area contributed by atoms with E-state index in [1.165, 1.54) is 0 Å². The van der Waals surface area contributed by atoms with Crippen LogP contribution in [0.1, 0.15) is 44.4 Å². The van der Waals surface area contributed by atoms with E-state index in [4.69, 9.17) is 16.3 Å². The normalized spacial score (nSPS) is 14.7. The number of halogens is 1. The largest absolute Gasteiger partial charge is 0.497 e. The molecule has 2 unspecified atom stereocenters. The number of ether oxygens (including phenoxy) is 1. The van der Waals surface area contributed by atoms with Crippen molar-refractivity contribution in [2.45, 2.75) is 38.6 Å². The summed E-state index contributed by atoms with van der Waals surface area (Å²) in [6, 6.07) is 6.31. The lowest BCUT2D eigenvalue weighted by molar-refractivity contribution is 0.415. The van der Waals surface area contributed by atoms with E-state index in [0.717, 1.165) is 29.0 Å². The minimum absolute atomic E-state index is 0.0996. The summed E-state index contributed by atoms with van der Waals surface area (Å²) in [7, 11) is 1.68. The third-order valence-corrected chi connectivity index (χ3v) is 3.51. The van der Waals surface area contributed by atoms with Gasteiger partial charge in [0.1, 0.15) is 11.6 Å². The van der Waals surface area contributed by atoms with Crippen molar-refractivity contribution in [1.82, 2.24) is 9.55 Å². The van der Waals surface area contributed by atoms with E-state index >= 15 is 0 Å². The molecule has 2 rings (SSSR count). The highest BCUT2D eigenvalue weighted by Gasteiger charge is 2.18. The van der Waals surface area contributed by atoms with Crippen molar-refractivity contribution in [3.05, 3.63) is 24.0 Å². The van der Waals surface area contributed by atoms with Gasteiger partial charge in [-0.1, -0.05) is 6.92 Å². The molecule has 4 heteroatoms. The van der Waals surface area contributed by atoms with Crippen LogP contribution in [-0.4, -0.2) is 16.7 Å². The molecule has 0 saturated carbocycles. The molecule has 98 valence electrons. The Hall–Kier alpha value is -1.22. The summed E-state index contributed by atoms with van der Waals surface area (Å²) in [5, 5.41) is -0.0996. The zero-order valence-corrected chi connectivity index (χ0v) is 12.0. The van der Waals surface area contributed by atoms with Gasteiger partial charge in [0.05, 0.1) is 23.5 Å². The lowest BCUT2D eigenvalue weighted by Gasteiger charge is -2.17. The number of methoxy groups -OCH3 is 1. The van der Waals surface area contributed by atoms with Gasteiger partial charge in [-0.25, -0.2) is 4.98 Å². The molecule has 0 amide bonds. The number of fused-ring (bicyclic) bond motifs is 1. The summed E-state index contributed by atoms with van der Waals surface area (Å²) in [5.41, 5.74) is 2.06. The van der Waals surface area contributed by atoms with Crippen LogP contribution < -0.4 is 4.74 Å². The van der Waals surface area contributed by atoms with Crippen LogP contribution >= 0.6 is 11.6 Å². The Morgan fingerprint density at radius 1 is 1.39 bits per heavy atom. The molecule has 0 saturated heterocycles. The molecule has 0 aliphatic heterocycles. The van der Waals surface area contributed by atoms with Gasteiger partial charge >= 0.3 is 0 Å². The topological polar surface area (TPSA) is 27.1 Å². The molecule has 0 aliphatic rings. The maximum Gasteiger partial charge on any atom is 0.127 e. The van der Waals surface area contributed by atoms with Gasteiger partial charge in [0.15, 0.2) is 0 Å². The van der Waals surface area contributed by atoms with Crippen molar-refractivity contribution >= 4 is 22.6 Å². The van der Waals surface area contributed by atoms with Crippen LogP contribution in [0.5, 0.6) is 5.75 Å². The fourth-order valence-corrected chi connectivity index (χ4v) is 2.30. The van der Waals surface area contributed by atoms with Crippen LogP contribution in [0.25, 0.3) is 11.0 Å². The maximum atomic E-state index is 6.24. The van der Waals surface area contributed by atoms with E-state index in [2.05, 4.69) is 23.4 Å². The van der Waals surface area contributed by atoms with Crippen LogP contribution in [0.15, 0.2) is 18.2 Å². The van der Waals surface area contributed by atoms with E-state index in [9.17, 15) is 0 Å². The molecule has 18 heavy (non-hydrogen) atoms.